The van der Waals surface area contributed by atoms with Gasteiger partial charge in [0, 0.05) is 0 Å². The second-order valence-corrected chi connectivity index (χ2v) is 3.02. The Balaban J connectivity index is 3.01. The van der Waals surface area contributed by atoms with Crippen LogP contribution in [-0.4, -0.2) is 11.2 Å². The van der Waals surface area contributed by atoms with E-state index in [1.807, 2.05) is 6.08 Å². The molecule has 1 unspecified atom stereocenters. The molecule has 0 aliphatic rings. The van der Waals surface area contributed by atoms with Crippen molar-refractivity contribution in [3.8, 4) is 0 Å². The summed E-state index contributed by atoms with van der Waals surface area (Å²) >= 11 is 0. The molecule has 11 heavy (non-hydrogen) atoms. The van der Waals surface area contributed by atoms with Crippen molar-refractivity contribution in [2.45, 2.75) is 52.1 Å². The number of unbranched alkanes of at least 4 members (excludes halogenated alkanes) is 4. The fourth-order valence-corrected chi connectivity index (χ4v) is 0.982. The summed E-state index contributed by atoms with van der Waals surface area (Å²) in [6.45, 7) is 3.99. The van der Waals surface area contributed by atoms with E-state index in [-0.39, 0.29) is 6.10 Å². The summed E-state index contributed by atoms with van der Waals surface area (Å²) in [5.41, 5.74) is 0. The topological polar surface area (TPSA) is 20.2 Å². The van der Waals surface area contributed by atoms with Crippen molar-refractivity contribution >= 4 is 0 Å². The molecule has 1 heteroatoms. The number of aliphatic hydroxyl groups is 1. The maximum atomic E-state index is 8.87. The molecule has 0 fully saturated rings. The van der Waals surface area contributed by atoms with Crippen LogP contribution in [0, 0.1) is 0 Å². The third-order valence-electron chi connectivity index (χ3n) is 1.64. The number of rotatable bonds is 6. The smallest absolute Gasteiger partial charge is 0.0692 e. The van der Waals surface area contributed by atoms with Gasteiger partial charge in [-0.1, -0.05) is 38.3 Å². The van der Waals surface area contributed by atoms with Crippen LogP contribution in [0.2, 0.25) is 0 Å². The van der Waals surface area contributed by atoms with Crippen LogP contribution in [-0.2, 0) is 0 Å². The first-order valence-electron chi connectivity index (χ1n) is 4.62. The van der Waals surface area contributed by atoms with Gasteiger partial charge in [0.2, 0.25) is 0 Å². The average Bonchev–Trinajstić information content (AvgIpc) is 1.96. The fraction of sp³-hybridized carbons (Fsp3) is 0.800. The normalized spacial score (nSPS) is 14.1. The van der Waals surface area contributed by atoms with Crippen LogP contribution in [0.1, 0.15) is 46.0 Å². The summed E-state index contributed by atoms with van der Waals surface area (Å²) < 4.78 is 0. The van der Waals surface area contributed by atoms with Crippen molar-refractivity contribution < 1.29 is 5.11 Å². The summed E-state index contributed by atoms with van der Waals surface area (Å²) in [5, 5.41) is 8.87. The number of hydrogen-bond donors (Lipinski definition) is 1. The van der Waals surface area contributed by atoms with Crippen LogP contribution in [0.3, 0.4) is 0 Å². The van der Waals surface area contributed by atoms with Gasteiger partial charge in [0.25, 0.3) is 0 Å². The zero-order valence-electron chi connectivity index (χ0n) is 7.71. The van der Waals surface area contributed by atoms with Gasteiger partial charge in [-0.15, -0.1) is 0 Å². The summed E-state index contributed by atoms with van der Waals surface area (Å²) in [7, 11) is 0. The minimum atomic E-state index is -0.277. The molecule has 1 nitrogen and oxygen atoms in total. The lowest BCUT2D eigenvalue weighted by molar-refractivity contribution is 0.244. The summed E-state index contributed by atoms with van der Waals surface area (Å²) in [6.07, 6.45) is 9.97. The lowest BCUT2D eigenvalue weighted by atomic mass is 10.1. The third kappa shape index (κ3) is 9.70. The van der Waals surface area contributed by atoms with Gasteiger partial charge in [0.1, 0.15) is 0 Å². The van der Waals surface area contributed by atoms with Crippen molar-refractivity contribution in [2.24, 2.45) is 0 Å². The standard InChI is InChI=1S/C10H20O/c1-3-4-5-6-7-8-9-10(2)11/h8-11H,3-7H2,1-2H3. The molecule has 0 rings (SSSR count). The molecule has 1 atom stereocenters. The molecule has 0 aliphatic carbocycles. The lowest BCUT2D eigenvalue weighted by Gasteiger charge is -1.95. The number of hydrogen-bond acceptors (Lipinski definition) is 1. The summed E-state index contributed by atoms with van der Waals surface area (Å²) in [4.78, 5) is 0. The molecule has 0 aromatic rings. The molecule has 0 bridgehead atoms. The van der Waals surface area contributed by atoms with E-state index in [0.717, 1.165) is 6.42 Å². The van der Waals surface area contributed by atoms with Gasteiger partial charge in [-0.25, -0.2) is 0 Å². The van der Waals surface area contributed by atoms with Crippen LogP contribution >= 0.6 is 0 Å². The van der Waals surface area contributed by atoms with Crippen molar-refractivity contribution in [3.05, 3.63) is 12.2 Å². The molecule has 0 saturated carbocycles. The predicted molar refractivity (Wildman–Crippen MR) is 49.6 cm³/mol. The first-order chi connectivity index (χ1) is 5.27. The molecular weight excluding hydrogens is 136 g/mol. The molecule has 0 heterocycles. The van der Waals surface area contributed by atoms with E-state index in [2.05, 4.69) is 13.0 Å². The van der Waals surface area contributed by atoms with E-state index < -0.39 is 0 Å². The number of allylic oxidation sites excluding steroid dienone is 1. The maximum Gasteiger partial charge on any atom is 0.0692 e. The Kier molecular flexibility index (Phi) is 7.59. The molecule has 0 saturated heterocycles. The SMILES string of the molecule is CCCCCCC=CC(C)O. The minimum Gasteiger partial charge on any atom is -0.389 e. The van der Waals surface area contributed by atoms with Gasteiger partial charge in [0.05, 0.1) is 6.10 Å². The molecule has 66 valence electrons. The van der Waals surface area contributed by atoms with Gasteiger partial charge in [-0.2, -0.15) is 0 Å². The van der Waals surface area contributed by atoms with E-state index in [0.29, 0.717) is 0 Å². The zero-order chi connectivity index (χ0) is 8.53. The highest BCUT2D eigenvalue weighted by Crippen LogP contribution is 2.02. The van der Waals surface area contributed by atoms with Gasteiger partial charge < -0.3 is 5.11 Å². The predicted octanol–water partition coefficient (Wildman–Crippen LogP) is 2.89. The van der Waals surface area contributed by atoms with E-state index in [1.54, 1.807) is 6.92 Å². The van der Waals surface area contributed by atoms with E-state index >= 15 is 0 Å². The first kappa shape index (κ1) is 10.7. The zero-order valence-corrected chi connectivity index (χ0v) is 7.71. The Labute approximate surface area is 70.1 Å². The highest BCUT2D eigenvalue weighted by Gasteiger charge is 1.86. The first-order valence-corrected chi connectivity index (χ1v) is 4.62. The van der Waals surface area contributed by atoms with E-state index in [1.165, 1.54) is 25.7 Å². The monoisotopic (exact) mass is 156 g/mol. The minimum absolute atomic E-state index is 0.277. The Morgan fingerprint density at radius 3 is 2.55 bits per heavy atom. The van der Waals surface area contributed by atoms with Gasteiger partial charge in [-0.3, -0.25) is 0 Å². The van der Waals surface area contributed by atoms with Crippen LogP contribution in [0.25, 0.3) is 0 Å². The summed E-state index contributed by atoms with van der Waals surface area (Å²) in [6, 6.07) is 0. The summed E-state index contributed by atoms with van der Waals surface area (Å²) in [5.74, 6) is 0. The van der Waals surface area contributed by atoms with Gasteiger partial charge >= 0.3 is 0 Å². The third-order valence-corrected chi connectivity index (χ3v) is 1.64. The van der Waals surface area contributed by atoms with Crippen molar-refractivity contribution in [1.29, 1.82) is 0 Å². The molecular formula is C10H20O. The highest BCUT2D eigenvalue weighted by atomic mass is 16.3. The quantitative estimate of drug-likeness (QED) is 0.463. The largest absolute Gasteiger partial charge is 0.389 e. The molecule has 0 aromatic carbocycles. The second kappa shape index (κ2) is 7.80. The lowest BCUT2D eigenvalue weighted by Crippen LogP contribution is -1.91. The Hall–Kier alpha value is -0.300. The average molecular weight is 156 g/mol. The Bertz CT molecular complexity index is 95.0. The van der Waals surface area contributed by atoms with Crippen LogP contribution in [0.5, 0.6) is 0 Å². The van der Waals surface area contributed by atoms with Gasteiger partial charge in [0.15, 0.2) is 0 Å². The fourth-order valence-electron chi connectivity index (χ4n) is 0.982. The molecule has 0 radical (unpaired) electrons. The Morgan fingerprint density at radius 1 is 1.27 bits per heavy atom. The molecule has 0 aromatic heterocycles. The van der Waals surface area contributed by atoms with Gasteiger partial charge in [-0.05, 0) is 19.8 Å². The van der Waals surface area contributed by atoms with Crippen molar-refractivity contribution in [3.63, 3.8) is 0 Å². The maximum absolute atomic E-state index is 8.87. The second-order valence-electron chi connectivity index (χ2n) is 3.02. The number of aliphatic hydroxyl groups excluding tert-OH is 1. The molecule has 1 N–H and O–H groups in total. The van der Waals surface area contributed by atoms with Crippen LogP contribution < -0.4 is 0 Å². The van der Waals surface area contributed by atoms with Crippen LogP contribution in [0.15, 0.2) is 12.2 Å². The van der Waals surface area contributed by atoms with E-state index in [9.17, 15) is 0 Å². The van der Waals surface area contributed by atoms with E-state index in [4.69, 9.17) is 5.11 Å². The molecule has 0 spiro atoms. The van der Waals surface area contributed by atoms with Crippen molar-refractivity contribution in [2.75, 3.05) is 0 Å². The molecule has 0 amide bonds. The molecule has 0 aliphatic heterocycles. The Morgan fingerprint density at radius 2 is 2.00 bits per heavy atom. The highest BCUT2D eigenvalue weighted by molar-refractivity contribution is 4.85. The van der Waals surface area contributed by atoms with Crippen molar-refractivity contribution in [1.82, 2.24) is 0 Å². The van der Waals surface area contributed by atoms with Crippen LogP contribution in [0.4, 0.5) is 0 Å².